The Balaban J connectivity index is 1.79. The van der Waals surface area contributed by atoms with Crippen LogP contribution in [0.15, 0.2) is 0 Å². The largest absolute Gasteiger partial charge is 0.469 e. The zero-order chi connectivity index (χ0) is 24.4. The Morgan fingerprint density at radius 1 is 0.879 bits per heavy atom. The van der Waals surface area contributed by atoms with Crippen molar-refractivity contribution in [3.8, 4) is 0 Å². The van der Waals surface area contributed by atoms with Crippen LogP contribution in [0.25, 0.3) is 0 Å². The summed E-state index contributed by atoms with van der Waals surface area (Å²) >= 11 is 0. The molecule has 0 spiro atoms. The minimum absolute atomic E-state index is 0.135. The lowest BCUT2D eigenvalue weighted by atomic mass is 9.45. The average Bonchev–Trinajstić information content (AvgIpc) is 3.12. The molecule has 3 saturated carbocycles. The average molecular weight is 463 g/mol. The first kappa shape index (κ1) is 26.5. The zero-order valence-corrected chi connectivity index (χ0v) is 22.5. The van der Waals surface area contributed by atoms with Gasteiger partial charge in [0.1, 0.15) is 0 Å². The standard InChI is InChI=1S/C29H50O4/c1-19(2)9-8-10-20(3)23-13-14-24-22-12-11-21(17-26(30)32-6)29(5,18-27(31)33-7)25(22)15-16-28(23,24)4/h19-25H,8-18H2,1-7H3/t20-,21+,22-,23+,24+,25-,28-,29-/m1/s1. The monoisotopic (exact) mass is 462 g/mol. The number of hydrogen-bond acceptors (Lipinski definition) is 4. The Morgan fingerprint density at radius 2 is 1.58 bits per heavy atom. The van der Waals surface area contributed by atoms with Crippen molar-refractivity contribution >= 4 is 11.9 Å². The summed E-state index contributed by atoms with van der Waals surface area (Å²) in [6, 6.07) is 0. The van der Waals surface area contributed by atoms with E-state index in [4.69, 9.17) is 9.47 Å². The molecule has 3 aliphatic carbocycles. The van der Waals surface area contributed by atoms with Gasteiger partial charge in [-0.1, -0.05) is 53.9 Å². The fourth-order valence-electron chi connectivity index (χ4n) is 8.84. The van der Waals surface area contributed by atoms with Crippen LogP contribution < -0.4 is 0 Å². The molecule has 0 aromatic carbocycles. The molecule has 0 aliphatic heterocycles. The van der Waals surface area contributed by atoms with Gasteiger partial charge in [-0.3, -0.25) is 9.59 Å². The fraction of sp³-hybridized carbons (Fsp3) is 0.931. The van der Waals surface area contributed by atoms with Gasteiger partial charge in [0.15, 0.2) is 0 Å². The van der Waals surface area contributed by atoms with E-state index in [0.29, 0.717) is 30.1 Å². The molecule has 3 fully saturated rings. The van der Waals surface area contributed by atoms with Gasteiger partial charge in [0, 0.05) is 6.42 Å². The summed E-state index contributed by atoms with van der Waals surface area (Å²) < 4.78 is 10.2. The van der Waals surface area contributed by atoms with Crippen molar-refractivity contribution in [1.82, 2.24) is 0 Å². The van der Waals surface area contributed by atoms with Gasteiger partial charge in [0.25, 0.3) is 0 Å². The molecule has 33 heavy (non-hydrogen) atoms. The van der Waals surface area contributed by atoms with Crippen molar-refractivity contribution in [1.29, 1.82) is 0 Å². The minimum atomic E-state index is -0.188. The highest BCUT2D eigenvalue weighted by molar-refractivity contribution is 5.71. The van der Waals surface area contributed by atoms with Crippen LogP contribution in [-0.4, -0.2) is 26.2 Å². The second-order valence-electron chi connectivity index (χ2n) is 12.7. The van der Waals surface area contributed by atoms with E-state index < -0.39 is 0 Å². The maximum Gasteiger partial charge on any atom is 0.306 e. The minimum Gasteiger partial charge on any atom is -0.469 e. The van der Waals surface area contributed by atoms with Crippen molar-refractivity contribution in [2.75, 3.05) is 14.2 Å². The molecule has 0 N–H and O–H groups in total. The predicted octanol–water partition coefficient (Wildman–Crippen LogP) is 7.05. The lowest BCUT2D eigenvalue weighted by Crippen LogP contribution is -2.53. The Labute approximate surface area is 202 Å². The van der Waals surface area contributed by atoms with Crippen LogP contribution in [0.2, 0.25) is 0 Å². The molecule has 0 amide bonds. The molecule has 3 rings (SSSR count). The van der Waals surface area contributed by atoms with E-state index in [9.17, 15) is 9.59 Å². The summed E-state index contributed by atoms with van der Waals surface area (Å²) in [5, 5.41) is 0. The third kappa shape index (κ3) is 5.30. The summed E-state index contributed by atoms with van der Waals surface area (Å²) in [4.78, 5) is 24.7. The Bertz CT molecular complexity index is 687. The molecule has 0 radical (unpaired) electrons. The predicted molar refractivity (Wildman–Crippen MR) is 132 cm³/mol. The Morgan fingerprint density at radius 3 is 2.21 bits per heavy atom. The van der Waals surface area contributed by atoms with Gasteiger partial charge < -0.3 is 9.47 Å². The maximum absolute atomic E-state index is 12.5. The van der Waals surface area contributed by atoms with Gasteiger partial charge >= 0.3 is 11.9 Å². The molecular formula is C29H50O4. The van der Waals surface area contributed by atoms with E-state index in [1.807, 2.05) is 0 Å². The summed E-state index contributed by atoms with van der Waals surface area (Å²) in [5.74, 6) is 4.26. The van der Waals surface area contributed by atoms with Gasteiger partial charge in [-0.25, -0.2) is 0 Å². The molecule has 0 heterocycles. The first-order chi connectivity index (χ1) is 15.6. The number of rotatable bonds is 9. The van der Waals surface area contributed by atoms with E-state index in [1.54, 1.807) is 0 Å². The Kier molecular flexibility index (Phi) is 8.60. The third-order valence-electron chi connectivity index (χ3n) is 10.7. The first-order valence-electron chi connectivity index (χ1n) is 13.7. The van der Waals surface area contributed by atoms with E-state index in [-0.39, 0.29) is 23.3 Å². The van der Waals surface area contributed by atoms with Gasteiger partial charge in [0.05, 0.1) is 20.6 Å². The molecule has 3 aliphatic rings. The summed E-state index contributed by atoms with van der Waals surface area (Å²) in [6.45, 7) is 12.1. The number of carbonyl (C=O) groups is 2. The van der Waals surface area contributed by atoms with Crippen LogP contribution >= 0.6 is 0 Å². The highest BCUT2D eigenvalue weighted by Crippen LogP contribution is 2.67. The number of methoxy groups -OCH3 is 2. The van der Waals surface area contributed by atoms with Gasteiger partial charge in [-0.15, -0.1) is 0 Å². The Hall–Kier alpha value is -1.06. The van der Waals surface area contributed by atoms with E-state index in [0.717, 1.165) is 30.1 Å². The van der Waals surface area contributed by atoms with Crippen LogP contribution in [0, 0.1) is 52.3 Å². The molecule has 4 heteroatoms. The van der Waals surface area contributed by atoms with Crippen LogP contribution in [0.1, 0.15) is 105 Å². The molecule has 190 valence electrons. The molecule has 0 saturated heterocycles. The summed E-state index contributed by atoms with van der Waals surface area (Å²) in [5.41, 5.74) is 0.242. The third-order valence-corrected chi connectivity index (χ3v) is 10.7. The molecule has 0 aromatic rings. The van der Waals surface area contributed by atoms with Crippen molar-refractivity contribution < 1.29 is 19.1 Å². The van der Waals surface area contributed by atoms with E-state index in [2.05, 4.69) is 34.6 Å². The van der Waals surface area contributed by atoms with Crippen molar-refractivity contribution in [3.05, 3.63) is 0 Å². The smallest absolute Gasteiger partial charge is 0.306 e. The first-order valence-corrected chi connectivity index (χ1v) is 13.7. The van der Waals surface area contributed by atoms with Crippen molar-refractivity contribution in [2.45, 2.75) is 105 Å². The molecule has 0 unspecified atom stereocenters. The lowest BCUT2D eigenvalue weighted by Gasteiger charge is -2.59. The second kappa shape index (κ2) is 10.7. The fourth-order valence-corrected chi connectivity index (χ4v) is 8.84. The van der Waals surface area contributed by atoms with Crippen LogP contribution in [0.5, 0.6) is 0 Å². The van der Waals surface area contributed by atoms with Crippen LogP contribution in [0.4, 0.5) is 0 Å². The highest BCUT2D eigenvalue weighted by Gasteiger charge is 2.60. The van der Waals surface area contributed by atoms with Crippen LogP contribution in [0.3, 0.4) is 0 Å². The number of fused-ring (bicyclic) bond motifs is 3. The molecule has 8 atom stereocenters. The van der Waals surface area contributed by atoms with E-state index in [1.165, 1.54) is 65.6 Å². The SMILES string of the molecule is COC(=O)C[C@@H]1CC[C@H]2[C@@H](CC[C@@]3(C)[C@H]2CC[C@H]3[C@H](C)CCCC(C)C)[C@]1(C)CC(=O)OC. The van der Waals surface area contributed by atoms with Crippen molar-refractivity contribution in [3.63, 3.8) is 0 Å². The quantitative estimate of drug-likeness (QED) is 0.344. The molecule has 0 aromatic heterocycles. The summed E-state index contributed by atoms with van der Waals surface area (Å²) in [6.07, 6.45) is 12.3. The van der Waals surface area contributed by atoms with Gasteiger partial charge in [-0.05, 0) is 90.8 Å². The van der Waals surface area contributed by atoms with E-state index >= 15 is 0 Å². The van der Waals surface area contributed by atoms with Crippen LogP contribution in [-0.2, 0) is 19.1 Å². The zero-order valence-electron chi connectivity index (χ0n) is 22.5. The normalized spacial score (nSPS) is 39.0. The molecular weight excluding hydrogens is 412 g/mol. The number of carbonyl (C=O) groups excluding carboxylic acids is 2. The highest BCUT2D eigenvalue weighted by atomic mass is 16.5. The maximum atomic E-state index is 12.5. The second-order valence-corrected chi connectivity index (χ2v) is 12.7. The van der Waals surface area contributed by atoms with Gasteiger partial charge in [0.2, 0.25) is 0 Å². The molecule has 0 bridgehead atoms. The number of ether oxygens (including phenoxy) is 2. The van der Waals surface area contributed by atoms with Gasteiger partial charge in [-0.2, -0.15) is 0 Å². The van der Waals surface area contributed by atoms with Crippen molar-refractivity contribution in [2.24, 2.45) is 52.3 Å². The lowest BCUT2D eigenvalue weighted by molar-refractivity contribution is -0.159. The number of esters is 2. The topological polar surface area (TPSA) is 52.6 Å². The number of hydrogen-bond donors (Lipinski definition) is 0. The molecule has 4 nitrogen and oxygen atoms in total. The summed E-state index contributed by atoms with van der Waals surface area (Å²) in [7, 11) is 2.96.